The van der Waals surface area contributed by atoms with Crippen molar-refractivity contribution in [1.82, 2.24) is 20.8 Å². The van der Waals surface area contributed by atoms with E-state index in [1.165, 1.54) is 6.07 Å². The van der Waals surface area contributed by atoms with Gasteiger partial charge in [0.25, 0.3) is 17.5 Å². The van der Waals surface area contributed by atoms with Gasteiger partial charge in [-0.15, -0.1) is 0 Å². The molecule has 0 unspecified atom stereocenters. The monoisotopic (exact) mass is 502 g/mol. The quantitative estimate of drug-likeness (QED) is 0.233. The average Bonchev–Trinajstić information content (AvgIpc) is 2.85. The van der Waals surface area contributed by atoms with Crippen molar-refractivity contribution in [1.29, 1.82) is 0 Å². The molecule has 16 heteroatoms. The van der Waals surface area contributed by atoms with E-state index >= 15 is 0 Å². The highest BCUT2D eigenvalue weighted by atomic mass is 35.5. The number of amides is 2. The minimum atomic E-state index is -0.862. The van der Waals surface area contributed by atoms with Gasteiger partial charge in [-0.1, -0.05) is 29.8 Å². The Morgan fingerprint density at radius 1 is 0.943 bits per heavy atom. The number of halogens is 1. The Kier molecular flexibility index (Phi) is 7.86. The van der Waals surface area contributed by atoms with Crippen LogP contribution < -0.4 is 26.4 Å². The number of aromatic nitrogens is 2. The number of nitro groups is 2. The second-order valence-electron chi connectivity index (χ2n) is 6.45. The van der Waals surface area contributed by atoms with Crippen LogP contribution in [0.5, 0.6) is 5.75 Å². The number of rotatable bonds is 10. The van der Waals surface area contributed by atoms with Crippen molar-refractivity contribution in [3.8, 4) is 5.75 Å². The molecule has 0 aliphatic carbocycles. The molecule has 4 N–H and O–H groups in total. The molecular weight excluding hydrogens is 488 g/mol. The summed E-state index contributed by atoms with van der Waals surface area (Å²) in [6, 6.07) is 11.8. The fourth-order valence-electron chi connectivity index (χ4n) is 2.55. The van der Waals surface area contributed by atoms with Gasteiger partial charge in [-0.3, -0.25) is 51.5 Å². The SMILES string of the molecule is O=C(COc1ccccc1)NNc1ncnc(NNC(=O)c2ccc(Cl)c([N+](=O)[O-])c2)c1[N+](=O)[O-]. The zero-order chi connectivity index (χ0) is 25.4. The highest BCUT2D eigenvalue weighted by Crippen LogP contribution is 2.28. The first-order chi connectivity index (χ1) is 16.8. The summed E-state index contributed by atoms with van der Waals surface area (Å²) in [7, 11) is 0. The predicted octanol–water partition coefficient (Wildman–Crippen LogP) is 2.23. The van der Waals surface area contributed by atoms with E-state index in [2.05, 4.69) is 31.7 Å². The first kappa shape index (κ1) is 24.6. The van der Waals surface area contributed by atoms with E-state index in [1.807, 2.05) is 0 Å². The van der Waals surface area contributed by atoms with Gasteiger partial charge in [0.15, 0.2) is 6.61 Å². The number of nitrogens with one attached hydrogen (secondary N) is 4. The lowest BCUT2D eigenvalue weighted by molar-refractivity contribution is -0.384. The molecule has 35 heavy (non-hydrogen) atoms. The van der Waals surface area contributed by atoms with Crippen molar-refractivity contribution >= 4 is 46.4 Å². The molecule has 1 heterocycles. The van der Waals surface area contributed by atoms with Gasteiger partial charge in [0.05, 0.1) is 9.85 Å². The van der Waals surface area contributed by atoms with Crippen LogP contribution in [-0.4, -0.2) is 38.2 Å². The Hall–Kier alpha value is -5.05. The third-order valence-corrected chi connectivity index (χ3v) is 4.46. The molecule has 0 aliphatic heterocycles. The maximum absolute atomic E-state index is 12.3. The number of carbonyl (C=O) groups is 2. The van der Waals surface area contributed by atoms with Crippen LogP contribution in [-0.2, 0) is 4.79 Å². The molecule has 0 aliphatic rings. The van der Waals surface area contributed by atoms with E-state index in [1.54, 1.807) is 30.3 Å². The number of para-hydroxylation sites is 1. The summed E-state index contributed by atoms with van der Waals surface area (Å²) in [5.74, 6) is -1.90. The number of benzene rings is 2. The molecule has 3 rings (SSSR count). The molecule has 0 radical (unpaired) electrons. The van der Waals surface area contributed by atoms with E-state index in [0.717, 1.165) is 18.5 Å². The van der Waals surface area contributed by atoms with Crippen molar-refractivity contribution in [2.24, 2.45) is 0 Å². The number of hydrogen-bond acceptors (Lipinski definition) is 11. The highest BCUT2D eigenvalue weighted by molar-refractivity contribution is 6.32. The van der Waals surface area contributed by atoms with Crippen molar-refractivity contribution < 1.29 is 24.2 Å². The predicted molar refractivity (Wildman–Crippen MR) is 122 cm³/mol. The Morgan fingerprint density at radius 2 is 1.60 bits per heavy atom. The van der Waals surface area contributed by atoms with Crippen molar-refractivity contribution in [2.75, 3.05) is 17.5 Å². The first-order valence-corrected chi connectivity index (χ1v) is 9.86. The van der Waals surface area contributed by atoms with Crippen LogP contribution in [0, 0.1) is 20.2 Å². The van der Waals surface area contributed by atoms with Crippen LogP contribution in [0.4, 0.5) is 23.0 Å². The molecule has 180 valence electrons. The van der Waals surface area contributed by atoms with Gasteiger partial charge < -0.3 is 4.74 Å². The molecular formula is C19H15ClN8O7. The lowest BCUT2D eigenvalue weighted by Crippen LogP contribution is -2.34. The van der Waals surface area contributed by atoms with E-state index in [9.17, 15) is 29.8 Å². The second kappa shape index (κ2) is 11.2. The van der Waals surface area contributed by atoms with Crippen LogP contribution in [0.1, 0.15) is 10.4 Å². The number of anilines is 2. The van der Waals surface area contributed by atoms with Crippen molar-refractivity contribution in [3.63, 3.8) is 0 Å². The summed E-state index contributed by atoms with van der Waals surface area (Å²) in [6.45, 7) is -0.385. The summed E-state index contributed by atoms with van der Waals surface area (Å²) in [5.41, 5.74) is 7.56. The minimum absolute atomic E-state index is 0.144. The second-order valence-corrected chi connectivity index (χ2v) is 6.86. The molecule has 2 amide bonds. The fraction of sp³-hybridized carbons (Fsp3) is 0.0526. The van der Waals surface area contributed by atoms with Crippen LogP contribution in [0.2, 0.25) is 5.02 Å². The summed E-state index contributed by atoms with van der Waals surface area (Å²) in [4.78, 5) is 52.7. The molecule has 0 saturated carbocycles. The lowest BCUT2D eigenvalue weighted by Gasteiger charge is -2.12. The zero-order valence-corrected chi connectivity index (χ0v) is 18.2. The molecule has 0 fully saturated rings. The fourth-order valence-corrected chi connectivity index (χ4v) is 2.73. The normalized spacial score (nSPS) is 10.1. The van der Waals surface area contributed by atoms with Crippen LogP contribution in [0.25, 0.3) is 0 Å². The smallest absolute Gasteiger partial charge is 0.356 e. The molecule has 0 atom stereocenters. The number of nitro benzene ring substituents is 1. The van der Waals surface area contributed by atoms with Gasteiger partial charge in [0.2, 0.25) is 11.6 Å². The average molecular weight is 503 g/mol. The molecule has 0 spiro atoms. The maximum Gasteiger partial charge on any atom is 0.356 e. The Bertz CT molecular complexity index is 1280. The van der Waals surface area contributed by atoms with Crippen LogP contribution in [0.15, 0.2) is 54.9 Å². The Morgan fingerprint density at radius 3 is 2.23 bits per heavy atom. The number of hydrogen-bond donors (Lipinski definition) is 4. The van der Waals surface area contributed by atoms with E-state index < -0.39 is 44.7 Å². The van der Waals surface area contributed by atoms with E-state index in [-0.39, 0.29) is 17.2 Å². The number of carbonyl (C=O) groups excluding carboxylic acids is 2. The largest absolute Gasteiger partial charge is 0.484 e. The van der Waals surface area contributed by atoms with Gasteiger partial charge in [-0.05, 0) is 24.3 Å². The van der Waals surface area contributed by atoms with Crippen molar-refractivity contribution in [2.45, 2.75) is 0 Å². The zero-order valence-electron chi connectivity index (χ0n) is 17.4. The topological polar surface area (TPSA) is 204 Å². The molecule has 0 bridgehead atoms. The molecule has 3 aromatic rings. The van der Waals surface area contributed by atoms with Crippen LogP contribution >= 0.6 is 11.6 Å². The maximum atomic E-state index is 12.3. The third-order valence-electron chi connectivity index (χ3n) is 4.14. The number of nitrogens with zero attached hydrogens (tertiary/aromatic N) is 4. The molecule has 2 aromatic carbocycles. The third kappa shape index (κ3) is 6.48. The van der Waals surface area contributed by atoms with E-state index in [4.69, 9.17) is 16.3 Å². The molecule has 0 saturated heterocycles. The number of ether oxygens (including phenoxy) is 1. The minimum Gasteiger partial charge on any atom is -0.484 e. The Balaban J connectivity index is 1.66. The van der Waals surface area contributed by atoms with Gasteiger partial charge in [0.1, 0.15) is 17.1 Å². The van der Waals surface area contributed by atoms with Crippen molar-refractivity contribution in [3.05, 3.63) is 85.7 Å². The molecule has 15 nitrogen and oxygen atoms in total. The van der Waals surface area contributed by atoms with Gasteiger partial charge >= 0.3 is 5.69 Å². The first-order valence-electron chi connectivity index (χ1n) is 9.48. The number of hydrazine groups is 2. The van der Waals surface area contributed by atoms with Gasteiger partial charge in [0, 0.05) is 11.6 Å². The van der Waals surface area contributed by atoms with E-state index in [0.29, 0.717) is 5.75 Å². The Labute approximate surface area is 200 Å². The summed E-state index contributed by atoms with van der Waals surface area (Å²) in [5, 5.41) is 22.4. The van der Waals surface area contributed by atoms with Crippen LogP contribution in [0.3, 0.4) is 0 Å². The summed E-state index contributed by atoms with van der Waals surface area (Å²) in [6.07, 6.45) is 0.934. The van der Waals surface area contributed by atoms with Gasteiger partial charge in [-0.2, -0.15) is 0 Å². The summed E-state index contributed by atoms with van der Waals surface area (Å²) < 4.78 is 5.27. The van der Waals surface area contributed by atoms with Gasteiger partial charge in [-0.25, -0.2) is 9.97 Å². The lowest BCUT2D eigenvalue weighted by atomic mass is 10.2. The highest BCUT2D eigenvalue weighted by Gasteiger charge is 2.24. The summed E-state index contributed by atoms with van der Waals surface area (Å²) >= 11 is 5.72. The molecule has 1 aromatic heterocycles. The standard InChI is InChI=1S/C19H15ClN8O7/c20-13-7-6-11(8-14(13)27(31)32)19(30)26-25-18-16(28(33)34)17(21-10-22-18)24-23-15(29)9-35-12-4-2-1-3-5-12/h1-8,10H,9H2,(H,23,29)(H,26,30)(H2,21,22,24,25).